The molecule has 3 rings (SSSR count). The Morgan fingerprint density at radius 1 is 1.25 bits per heavy atom. The molecule has 1 aliphatic carbocycles. The predicted molar refractivity (Wildman–Crippen MR) is 69.3 cm³/mol. The van der Waals surface area contributed by atoms with Gasteiger partial charge < -0.3 is 9.47 Å². The van der Waals surface area contributed by atoms with Crippen molar-refractivity contribution in [2.75, 3.05) is 0 Å². The zero-order valence-corrected chi connectivity index (χ0v) is 11.5. The van der Waals surface area contributed by atoms with Gasteiger partial charge in [-0.2, -0.15) is 5.10 Å². The fourth-order valence-electron chi connectivity index (χ4n) is 2.60. The first-order valence-corrected chi connectivity index (χ1v) is 6.68. The zero-order chi connectivity index (χ0) is 14.3. The van der Waals surface area contributed by atoms with Gasteiger partial charge in [-0.3, -0.25) is 4.68 Å². The molecule has 0 aromatic carbocycles. The molecule has 1 aromatic heterocycles. The van der Waals surface area contributed by atoms with Gasteiger partial charge in [-0.25, -0.2) is 9.59 Å². The highest BCUT2D eigenvalue weighted by atomic mass is 16.7. The van der Waals surface area contributed by atoms with Crippen LogP contribution in [0, 0.1) is 6.92 Å². The highest BCUT2D eigenvalue weighted by Crippen LogP contribution is 2.38. The zero-order valence-electron chi connectivity index (χ0n) is 11.5. The summed E-state index contributed by atoms with van der Waals surface area (Å²) in [6.45, 7) is 1.86. The molecule has 0 radical (unpaired) electrons. The van der Waals surface area contributed by atoms with Crippen LogP contribution in [0.5, 0.6) is 0 Å². The molecule has 6 nitrogen and oxygen atoms in total. The first-order chi connectivity index (χ1) is 9.51. The Hall–Kier alpha value is -2.11. The molecule has 1 aromatic rings. The SMILES string of the molecule is Cc1c(C=C2C(=O)OC3(CCCC3)OC2=O)cnn1C. The number of hydrogen-bond donors (Lipinski definition) is 0. The molecule has 6 heteroatoms. The monoisotopic (exact) mass is 276 g/mol. The lowest BCUT2D eigenvalue weighted by atomic mass is 10.1. The molecule has 1 spiro atoms. The Bertz CT molecular complexity index is 587. The highest BCUT2D eigenvalue weighted by molar-refractivity contribution is 6.18. The van der Waals surface area contributed by atoms with Crippen molar-refractivity contribution in [3.63, 3.8) is 0 Å². The lowest BCUT2D eigenvalue weighted by molar-refractivity contribution is -0.232. The van der Waals surface area contributed by atoms with Crippen LogP contribution in [-0.4, -0.2) is 27.5 Å². The van der Waals surface area contributed by atoms with Crippen molar-refractivity contribution in [3.8, 4) is 0 Å². The van der Waals surface area contributed by atoms with E-state index >= 15 is 0 Å². The molecule has 0 atom stereocenters. The van der Waals surface area contributed by atoms with Gasteiger partial charge in [0.05, 0.1) is 6.20 Å². The Morgan fingerprint density at radius 2 is 1.85 bits per heavy atom. The number of esters is 2. The number of aryl methyl sites for hydroxylation is 1. The predicted octanol–water partition coefficient (Wildman–Crippen LogP) is 1.48. The minimum absolute atomic E-state index is 0.0707. The molecular weight excluding hydrogens is 260 g/mol. The molecular formula is C14H16N2O4. The molecule has 0 bridgehead atoms. The van der Waals surface area contributed by atoms with Gasteiger partial charge in [-0.1, -0.05) is 0 Å². The number of hydrogen-bond acceptors (Lipinski definition) is 5. The quantitative estimate of drug-likeness (QED) is 0.441. The number of ether oxygens (including phenoxy) is 2. The molecule has 106 valence electrons. The van der Waals surface area contributed by atoms with Gasteiger partial charge >= 0.3 is 11.9 Å². The highest BCUT2D eigenvalue weighted by Gasteiger charge is 2.47. The summed E-state index contributed by atoms with van der Waals surface area (Å²) < 4.78 is 12.4. The van der Waals surface area contributed by atoms with Crippen LogP contribution in [0.2, 0.25) is 0 Å². The maximum absolute atomic E-state index is 12.1. The molecule has 0 amide bonds. The Labute approximate surface area is 116 Å². The van der Waals surface area contributed by atoms with Crippen LogP contribution >= 0.6 is 0 Å². The summed E-state index contributed by atoms with van der Waals surface area (Å²) in [7, 11) is 1.79. The second-order valence-electron chi connectivity index (χ2n) is 5.26. The summed E-state index contributed by atoms with van der Waals surface area (Å²) in [4.78, 5) is 24.1. The average molecular weight is 276 g/mol. The van der Waals surface area contributed by atoms with E-state index in [1.807, 2.05) is 6.92 Å². The van der Waals surface area contributed by atoms with Crippen LogP contribution in [0.25, 0.3) is 6.08 Å². The van der Waals surface area contributed by atoms with Crippen molar-refractivity contribution in [2.24, 2.45) is 7.05 Å². The minimum Gasteiger partial charge on any atom is -0.419 e. The second kappa shape index (κ2) is 4.47. The van der Waals surface area contributed by atoms with E-state index in [9.17, 15) is 9.59 Å². The van der Waals surface area contributed by atoms with Crippen molar-refractivity contribution in [3.05, 3.63) is 23.0 Å². The van der Waals surface area contributed by atoms with E-state index in [2.05, 4.69) is 5.10 Å². The van der Waals surface area contributed by atoms with Crippen LogP contribution < -0.4 is 0 Å². The van der Waals surface area contributed by atoms with E-state index in [1.54, 1.807) is 17.9 Å². The largest absolute Gasteiger partial charge is 0.419 e. The maximum Gasteiger partial charge on any atom is 0.348 e. The third-order valence-electron chi connectivity index (χ3n) is 3.94. The van der Waals surface area contributed by atoms with Crippen molar-refractivity contribution in [1.82, 2.24) is 9.78 Å². The van der Waals surface area contributed by atoms with Crippen molar-refractivity contribution >= 4 is 18.0 Å². The maximum atomic E-state index is 12.1. The third kappa shape index (κ3) is 2.01. The van der Waals surface area contributed by atoms with Crippen molar-refractivity contribution < 1.29 is 19.1 Å². The number of carbonyl (C=O) groups is 2. The number of rotatable bonds is 1. The molecule has 2 fully saturated rings. The van der Waals surface area contributed by atoms with Gasteiger partial charge in [0.2, 0.25) is 0 Å². The summed E-state index contributed by atoms with van der Waals surface area (Å²) in [5, 5.41) is 4.07. The van der Waals surface area contributed by atoms with Crippen LogP contribution in [0.1, 0.15) is 36.9 Å². The summed E-state index contributed by atoms with van der Waals surface area (Å²) in [5.41, 5.74) is 1.50. The van der Waals surface area contributed by atoms with Crippen LogP contribution in [-0.2, 0) is 26.1 Å². The molecule has 0 N–H and O–H groups in total. The van der Waals surface area contributed by atoms with E-state index < -0.39 is 17.7 Å². The number of nitrogens with zero attached hydrogens (tertiary/aromatic N) is 2. The van der Waals surface area contributed by atoms with E-state index in [0.717, 1.165) is 18.5 Å². The van der Waals surface area contributed by atoms with Gasteiger partial charge in [0.1, 0.15) is 5.57 Å². The van der Waals surface area contributed by atoms with E-state index in [1.165, 1.54) is 6.08 Å². The number of aromatic nitrogens is 2. The summed E-state index contributed by atoms with van der Waals surface area (Å²) in [5.74, 6) is -2.23. The third-order valence-corrected chi connectivity index (χ3v) is 3.94. The smallest absolute Gasteiger partial charge is 0.348 e. The van der Waals surface area contributed by atoms with Gasteiger partial charge in [-0.15, -0.1) is 0 Å². The van der Waals surface area contributed by atoms with Gasteiger partial charge in [-0.05, 0) is 25.8 Å². The molecule has 0 unspecified atom stereocenters. The standard InChI is InChI=1S/C14H16N2O4/c1-9-10(8-15-16(9)2)7-11-12(17)19-14(20-13(11)18)5-3-4-6-14/h7-8H,3-6H2,1-2H3. The molecule has 2 heterocycles. The van der Waals surface area contributed by atoms with E-state index in [4.69, 9.17) is 9.47 Å². The fourth-order valence-corrected chi connectivity index (χ4v) is 2.60. The lowest BCUT2D eigenvalue weighted by Gasteiger charge is -2.32. The normalized spacial score (nSPS) is 21.0. The summed E-state index contributed by atoms with van der Waals surface area (Å²) >= 11 is 0. The number of carbonyl (C=O) groups excluding carboxylic acids is 2. The molecule has 1 aliphatic heterocycles. The Balaban J connectivity index is 1.90. The lowest BCUT2D eigenvalue weighted by Crippen LogP contribution is -2.44. The molecule has 1 saturated heterocycles. The van der Waals surface area contributed by atoms with E-state index in [0.29, 0.717) is 18.4 Å². The van der Waals surface area contributed by atoms with Gasteiger partial charge in [0.25, 0.3) is 5.79 Å². The molecule has 2 aliphatic rings. The van der Waals surface area contributed by atoms with Crippen LogP contribution in [0.4, 0.5) is 0 Å². The van der Waals surface area contributed by atoms with Crippen LogP contribution in [0.15, 0.2) is 11.8 Å². The first kappa shape index (κ1) is 12.9. The van der Waals surface area contributed by atoms with Gasteiger partial charge in [0, 0.05) is 31.1 Å². The second-order valence-corrected chi connectivity index (χ2v) is 5.26. The van der Waals surface area contributed by atoms with Crippen molar-refractivity contribution in [2.45, 2.75) is 38.4 Å². The molecule has 20 heavy (non-hydrogen) atoms. The topological polar surface area (TPSA) is 70.4 Å². The summed E-state index contributed by atoms with van der Waals surface area (Å²) in [6.07, 6.45) is 6.06. The van der Waals surface area contributed by atoms with E-state index in [-0.39, 0.29) is 5.57 Å². The fraction of sp³-hybridized carbons (Fsp3) is 0.500. The Kier molecular flexibility index (Phi) is 2.88. The minimum atomic E-state index is -1.02. The average Bonchev–Trinajstić information content (AvgIpc) is 2.95. The molecule has 1 saturated carbocycles. The van der Waals surface area contributed by atoms with Gasteiger partial charge in [0.15, 0.2) is 0 Å². The Morgan fingerprint density at radius 3 is 2.35 bits per heavy atom. The van der Waals surface area contributed by atoms with Crippen LogP contribution in [0.3, 0.4) is 0 Å². The van der Waals surface area contributed by atoms with Crippen molar-refractivity contribution in [1.29, 1.82) is 0 Å². The first-order valence-electron chi connectivity index (χ1n) is 6.68. The summed E-state index contributed by atoms with van der Waals surface area (Å²) in [6, 6.07) is 0.